The van der Waals surface area contributed by atoms with Gasteiger partial charge in [-0.15, -0.1) is 0 Å². The molecule has 0 bridgehead atoms. The third-order valence-electron chi connectivity index (χ3n) is 4.20. The van der Waals surface area contributed by atoms with Gasteiger partial charge in [0.1, 0.15) is 0 Å². The summed E-state index contributed by atoms with van der Waals surface area (Å²) in [6, 6.07) is 16.2. The van der Waals surface area contributed by atoms with E-state index in [1.54, 1.807) is 0 Å². The van der Waals surface area contributed by atoms with E-state index in [9.17, 15) is 4.79 Å². The molecule has 0 saturated heterocycles. The van der Waals surface area contributed by atoms with Gasteiger partial charge in [0.25, 0.3) is 0 Å². The number of hydrogen-bond acceptors (Lipinski definition) is 3. The number of carbonyl (C=O) groups is 1. The molecule has 0 unspecified atom stereocenters. The fraction of sp³-hybridized carbons (Fsp3) is 0.350. The van der Waals surface area contributed by atoms with Crippen LogP contribution in [0.25, 0.3) is 0 Å². The molecule has 126 valence electrons. The lowest BCUT2D eigenvalue weighted by atomic mass is 9.95. The van der Waals surface area contributed by atoms with E-state index >= 15 is 0 Å². The molecule has 2 aromatic rings. The van der Waals surface area contributed by atoms with Gasteiger partial charge in [0.2, 0.25) is 5.91 Å². The van der Waals surface area contributed by atoms with Crippen LogP contribution in [0.2, 0.25) is 0 Å². The van der Waals surface area contributed by atoms with E-state index in [1.807, 2.05) is 50.5 Å². The smallest absolute Gasteiger partial charge is 0.227 e. The number of hydrogen-bond donors (Lipinski definition) is 1. The second kappa shape index (κ2) is 7.60. The zero-order valence-corrected chi connectivity index (χ0v) is 14.3. The maximum atomic E-state index is 12.4. The molecule has 0 aliphatic carbocycles. The van der Waals surface area contributed by atoms with Crippen LogP contribution in [0.5, 0.6) is 0 Å². The molecule has 0 spiro atoms. The number of carbonyl (C=O) groups excluding carboxylic acids is 1. The molecule has 2 aromatic carbocycles. The van der Waals surface area contributed by atoms with Gasteiger partial charge >= 0.3 is 0 Å². The quantitative estimate of drug-likeness (QED) is 0.916. The summed E-state index contributed by atoms with van der Waals surface area (Å²) in [4.78, 5) is 14.5. The first-order chi connectivity index (χ1) is 11.6. The molecule has 1 atom stereocenters. The SMILES string of the molecule is CN(C)Cc1ccc(NC(=O)C[C@@H]2OCCc3ccccc32)cc1. The van der Waals surface area contributed by atoms with Crippen molar-refractivity contribution in [2.24, 2.45) is 0 Å². The largest absolute Gasteiger partial charge is 0.373 e. The first kappa shape index (κ1) is 16.7. The van der Waals surface area contributed by atoms with Crippen LogP contribution in [0, 0.1) is 0 Å². The van der Waals surface area contributed by atoms with Crippen molar-refractivity contribution in [3.05, 3.63) is 65.2 Å². The highest BCUT2D eigenvalue weighted by atomic mass is 16.5. The maximum Gasteiger partial charge on any atom is 0.227 e. The van der Waals surface area contributed by atoms with E-state index in [2.05, 4.69) is 22.3 Å². The van der Waals surface area contributed by atoms with Crippen LogP contribution in [0.15, 0.2) is 48.5 Å². The monoisotopic (exact) mass is 324 g/mol. The zero-order chi connectivity index (χ0) is 16.9. The Hall–Kier alpha value is -2.17. The van der Waals surface area contributed by atoms with Crippen LogP contribution in [0.1, 0.15) is 29.2 Å². The summed E-state index contributed by atoms with van der Waals surface area (Å²) in [5.41, 5.74) is 4.48. The minimum absolute atomic E-state index is 0.0166. The van der Waals surface area contributed by atoms with Crippen LogP contribution in [-0.4, -0.2) is 31.5 Å². The normalized spacial score (nSPS) is 16.7. The third kappa shape index (κ3) is 4.22. The summed E-state index contributed by atoms with van der Waals surface area (Å²) < 4.78 is 5.81. The second-order valence-corrected chi connectivity index (χ2v) is 6.50. The van der Waals surface area contributed by atoms with Crippen molar-refractivity contribution in [1.29, 1.82) is 0 Å². The van der Waals surface area contributed by atoms with Crippen LogP contribution < -0.4 is 5.32 Å². The molecule has 1 aliphatic heterocycles. The molecule has 1 amide bonds. The van der Waals surface area contributed by atoms with Crippen LogP contribution in [-0.2, 0) is 22.5 Å². The van der Waals surface area contributed by atoms with Gasteiger partial charge < -0.3 is 15.0 Å². The highest BCUT2D eigenvalue weighted by molar-refractivity contribution is 5.91. The Morgan fingerprint density at radius 2 is 1.92 bits per heavy atom. The number of amides is 1. The van der Waals surface area contributed by atoms with Crippen LogP contribution in [0.4, 0.5) is 5.69 Å². The molecule has 3 rings (SSSR count). The van der Waals surface area contributed by atoms with E-state index in [-0.39, 0.29) is 12.0 Å². The maximum absolute atomic E-state index is 12.4. The topological polar surface area (TPSA) is 41.6 Å². The Kier molecular flexibility index (Phi) is 5.28. The van der Waals surface area contributed by atoms with Gasteiger partial charge in [-0.05, 0) is 49.3 Å². The van der Waals surface area contributed by atoms with E-state index in [1.165, 1.54) is 11.1 Å². The molecule has 0 fully saturated rings. The summed E-state index contributed by atoms with van der Waals surface area (Å²) >= 11 is 0. The average molecular weight is 324 g/mol. The molecule has 24 heavy (non-hydrogen) atoms. The molecule has 4 nitrogen and oxygen atoms in total. The number of ether oxygens (including phenoxy) is 1. The Bertz CT molecular complexity index is 695. The first-order valence-corrected chi connectivity index (χ1v) is 8.35. The highest BCUT2D eigenvalue weighted by Gasteiger charge is 2.23. The van der Waals surface area contributed by atoms with Gasteiger partial charge in [-0.1, -0.05) is 36.4 Å². The summed E-state index contributed by atoms with van der Waals surface area (Å²) in [6.45, 7) is 1.56. The van der Waals surface area contributed by atoms with Gasteiger partial charge in [0.15, 0.2) is 0 Å². The van der Waals surface area contributed by atoms with Crippen molar-refractivity contribution in [1.82, 2.24) is 4.90 Å². The molecule has 4 heteroatoms. The molecule has 0 radical (unpaired) electrons. The van der Waals surface area contributed by atoms with E-state index in [0.717, 1.165) is 24.2 Å². The highest BCUT2D eigenvalue weighted by Crippen LogP contribution is 2.29. The lowest BCUT2D eigenvalue weighted by Crippen LogP contribution is -2.22. The van der Waals surface area contributed by atoms with Gasteiger partial charge in [-0.3, -0.25) is 4.79 Å². The predicted octanol–water partition coefficient (Wildman–Crippen LogP) is 3.39. The number of nitrogens with zero attached hydrogens (tertiary/aromatic N) is 1. The molecule has 1 heterocycles. The van der Waals surface area contributed by atoms with Crippen molar-refractivity contribution in [3.63, 3.8) is 0 Å². The summed E-state index contributed by atoms with van der Waals surface area (Å²) in [6.07, 6.45) is 1.11. The number of benzene rings is 2. The van der Waals surface area contributed by atoms with Gasteiger partial charge in [-0.2, -0.15) is 0 Å². The van der Waals surface area contributed by atoms with Crippen LogP contribution in [0.3, 0.4) is 0 Å². The van der Waals surface area contributed by atoms with E-state index in [4.69, 9.17) is 4.74 Å². The van der Waals surface area contributed by atoms with Gasteiger partial charge in [0, 0.05) is 12.2 Å². The van der Waals surface area contributed by atoms with Crippen molar-refractivity contribution in [3.8, 4) is 0 Å². The molecule has 1 aliphatic rings. The number of rotatable bonds is 5. The van der Waals surface area contributed by atoms with Gasteiger partial charge in [0.05, 0.1) is 19.1 Å². The minimum Gasteiger partial charge on any atom is -0.373 e. The number of anilines is 1. The fourth-order valence-corrected chi connectivity index (χ4v) is 3.08. The Morgan fingerprint density at radius 3 is 2.67 bits per heavy atom. The van der Waals surface area contributed by atoms with E-state index < -0.39 is 0 Å². The zero-order valence-electron chi connectivity index (χ0n) is 14.3. The summed E-state index contributed by atoms with van der Waals surface area (Å²) in [5.74, 6) is -0.0166. The number of nitrogens with one attached hydrogen (secondary N) is 1. The molecule has 0 aromatic heterocycles. The van der Waals surface area contributed by atoms with Crippen molar-refractivity contribution in [2.75, 3.05) is 26.0 Å². The summed E-state index contributed by atoms with van der Waals surface area (Å²) in [5, 5.41) is 2.97. The van der Waals surface area contributed by atoms with Crippen molar-refractivity contribution >= 4 is 11.6 Å². The lowest BCUT2D eigenvalue weighted by Gasteiger charge is -2.25. The molecular formula is C20H24N2O2. The number of fused-ring (bicyclic) bond motifs is 1. The lowest BCUT2D eigenvalue weighted by molar-refractivity contribution is -0.119. The Labute approximate surface area is 143 Å². The van der Waals surface area contributed by atoms with E-state index in [0.29, 0.717) is 13.0 Å². The average Bonchev–Trinajstić information content (AvgIpc) is 2.56. The third-order valence-corrected chi connectivity index (χ3v) is 4.20. The Balaban J connectivity index is 1.60. The second-order valence-electron chi connectivity index (χ2n) is 6.50. The predicted molar refractivity (Wildman–Crippen MR) is 95.9 cm³/mol. The van der Waals surface area contributed by atoms with Crippen molar-refractivity contribution < 1.29 is 9.53 Å². The standard InChI is InChI=1S/C20H24N2O2/c1-22(2)14-15-7-9-17(10-8-15)21-20(23)13-19-18-6-4-3-5-16(18)11-12-24-19/h3-10,19H,11-14H2,1-2H3,(H,21,23)/t19-/m0/s1. The van der Waals surface area contributed by atoms with Crippen molar-refractivity contribution in [2.45, 2.75) is 25.5 Å². The summed E-state index contributed by atoms with van der Waals surface area (Å²) in [7, 11) is 4.08. The minimum atomic E-state index is -0.150. The molecule has 1 N–H and O–H groups in total. The van der Waals surface area contributed by atoms with Gasteiger partial charge in [-0.25, -0.2) is 0 Å². The fourth-order valence-electron chi connectivity index (χ4n) is 3.08. The van der Waals surface area contributed by atoms with Crippen LogP contribution >= 0.6 is 0 Å². The molecular weight excluding hydrogens is 300 g/mol. The Morgan fingerprint density at radius 1 is 1.17 bits per heavy atom. The molecule has 0 saturated carbocycles. The first-order valence-electron chi connectivity index (χ1n) is 8.35.